The number of aromatic nitrogens is 3. The Hall–Kier alpha value is -2.94. The number of nitrogens with one attached hydrogen (secondary N) is 1. The summed E-state index contributed by atoms with van der Waals surface area (Å²) < 4.78 is 0. The zero-order chi connectivity index (χ0) is 20.1. The first-order valence-electron chi connectivity index (χ1n) is 9.00. The number of hydrogen-bond donors (Lipinski definition) is 2. The van der Waals surface area contributed by atoms with Gasteiger partial charge >= 0.3 is 5.97 Å². The summed E-state index contributed by atoms with van der Waals surface area (Å²) in [6, 6.07) is 4.96. The number of amides is 1. The molecule has 0 aromatic carbocycles. The fourth-order valence-electron chi connectivity index (χ4n) is 3.02. The van der Waals surface area contributed by atoms with Gasteiger partial charge < -0.3 is 20.2 Å². The van der Waals surface area contributed by atoms with Gasteiger partial charge in [-0.3, -0.25) is 4.79 Å². The standard InChI is InChI=1S/C18H21ClN6O3/c1-2-16(26)21-12-10-13(18(27)28)17(20-11-12)25-7-3-6-24(8-9-25)15-5-4-14(19)22-23-15/h4-5,10-11H,2-3,6-9H2,1H3,(H,21,26)(H,27,28). The summed E-state index contributed by atoms with van der Waals surface area (Å²) in [5, 5.41) is 20.6. The summed E-state index contributed by atoms with van der Waals surface area (Å²) in [6.07, 6.45) is 2.60. The Morgan fingerprint density at radius 1 is 1.18 bits per heavy atom. The summed E-state index contributed by atoms with van der Waals surface area (Å²) in [5.41, 5.74) is 0.439. The van der Waals surface area contributed by atoms with Crippen LogP contribution in [0.3, 0.4) is 0 Å². The zero-order valence-corrected chi connectivity index (χ0v) is 16.2. The Morgan fingerprint density at radius 3 is 2.61 bits per heavy atom. The monoisotopic (exact) mass is 404 g/mol. The maximum absolute atomic E-state index is 11.8. The predicted molar refractivity (Wildman–Crippen MR) is 106 cm³/mol. The van der Waals surface area contributed by atoms with Crippen LogP contribution in [0.5, 0.6) is 0 Å². The first kappa shape index (κ1) is 19.8. The average Bonchev–Trinajstić information content (AvgIpc) is 2.94. The molecule has 0 atom stereocenters. The van der Waals surface area contributed by atoms with Crippen LogP contribution >= 0.6 is 11.6 Å². The topological polar surface area (TPSA) is 112 Å². The van der Waals surface area contributed by atoms with Gasteiger partial charge in [0.25, 0.3) is 0 Å². The molecule has 3 rings (SSSR count). The summed E-state index contributed by atoms with van der Waals surface area (Å²) >= 11 is 5.80. The van der Waals surface area contributed by atoms with Crippen LogP contribution in [0.25, 0.3) is 0 Å². The van der Waals surface area contributed by atoms with Crippen LogP contribution in [-0.2, 0) is 4.79 Å². The normalized spacial score (nSPS) is 14.5. The molecule has 1 saturated heterocycles. The molecule has 9 nitrogen and oxygen atoms in total. The predicted octanol–water partition coefficient (Wildman–Crippen LogP) is 2.29. The zero-order valence-electron chi connectivity index (χ0n) is 15.4. The van der Waals surface area contributed by atoms with E-state index >= 15 is 0 Å². The minimum absolute atomic E-state index is 0.0636. The smallest absolute Gasteiger partial charge is 0.339 e. The number of carbonyl (C=O) groups is 2. The molecule has 1 fully saturated rings. The Kier molecular flexibility index (Phi) is 6.25. The quantitative estimate of drug-likeness (QED) is 0.780. The van der Waals surface area contributed by atoms with Gasteiger partial charge in [0.05, 0.1) is 11.9 Å². The molecule has 1 aliphatic rings. The second-order valence-electron chi connectivity index (χ2n) is 6.34. The minimum atomic E-state index is -1.08. The first-order valence-corrected chi connectivity index (χ1v) is 9.38. The van der Waals surface area contributed by atoms with Crippen molar-refractivity contribution in [3.05, 3.63) is 35.1 Å². The van der Waals surface area contributed by atoms with E-state index in [2.05, 4.69) is 25.4 Å². The highest BCUT2D eigenvalue weighted by molar-refractivity contribution is 6.29. The van der Waals surface area contributed by atoms with Crippen molar-refractivity contribution >= 4 is 40.8 Å². The number of anilines is 3. The average molecular weight is 405 g/mol. The van der Waals surface area contributed by atoms with Crippen molar-refractivity contribution in [3.8, 4) is 0 Å². The Bertz CT molecular complexity index is 861. The number of hydrogen-bond acceptors (Lipinski definition) is 7. The number of carbonyl (C=O) groups excluding carboxylic acids is 1. The highest BCUT2D eigenvalue weighted by Gasteiger charge is 2.22. The van der Waals surface area contributed by atoms with Crippen LogP contribution in [0.15, 0.2) is 24.4 Å². The Balaban J connectivity index is 1.78. The first-order chi connectivity index (χ1) is 13.5. The largest absolute Gasteiger partial charge is 0.478 e. The van der Waals surface area contributed by atoms with E-state index in [1.165, 1.54) is 12.3 Å². The van der Waals surface area contributed by atoms with Crippen molar-refractivity contribution in [1.29, 1.82) is 0 Å². The maximum Gasteiger partial charge on any atom is 0.339 e. The number of rotatable bonds is 5. The molecule has 2 aromatic heterocycles. The number of pyridine rings is 1. The summed E-state index contributed by atoms with van der Waals surface area (Å²) in [4.78, 5) is 31.7. The molecular formula is C18H21ClN6O3. The fourth-order valence-corrected chi connectivity index (χ4v) is 3.12. The molecule has 0 spiro atoms. The number of carboxylic acids is 1. The van der Waals surface area contributed by atoms with Gasteiger partial charge in [-0.2, -0.15) is 0 Å². The summed E-state index contributed by atoms with van der Waals surface area (Å²) in [6.45, 7) is 4.37. The second kappa shape index (κ2) is 8.83. The third-order valence-electron chi connectivity index (χ3n) is 4.44. The van der Waals surface area contributed by atoms with Crippen LogP contribution < -0.4 is 15.1 Å². The van der Waals surface area contributed by atoms with Gasteiger partial charge in [0, 0.05) is 32.6 Å². The molecule has 0 bridgehead atoms. The van der Waals surface area contributed by atoms with Crippen molar-refractivity contribution < 1.29 is 14.7 Å². The number of nitrogens with zero attached hydrogens (tertiary/aromatic N) is 5. The van der Waals surface area contributed by atoms with Crippen LogP contribution in [0.2, 0.25) is 5.15 Å². The lowest BCUT2D eigenvalue weighted by Gasteiger charge is -2.24. The molecule has 0 unspecified atom stereocenters. The van der Waals surface area contributed by atoms with Gasteiger partial charge in [-0.05, 0) is 24.6 Å². The molecule has 1 aliphatic heterocycles. The lowest BCUT2D eigenvalue weighted by Crippen LogP contribution is -2.32. The molecule has 2 aromatic rings. The lowest BCUT2D eigenvalue weighted by molar-refractivity contribution is -0.115. The Labute approximate surface area is 167 Å². The van der Waals surface area contributed by atoms with Gasteiger partial charge in [-0.1, -0.05) is 18.5 Å². The van der Waals surface area contributed by atoms with Gasteiger partial charge in [0.2, 0.25) is 5.91 Å². The second-order valence-corrected chi connectivity index (χ2v) is 6.73. The highest BCUT2D eigenvalue weighted by atomic mass is 35.5. The van der Waals surface area contributed by atoms with E-state index in [0.29, 0.717) is 42.7 Å². The van der Waals surface area contributed by atoms with E-state index in [0.717, 1.165) is 18.8 Å². The molecule has 2 N–H and O–H groups in total. The highest BCUT2D eigenvalue weighted by Crippen LogP contribution is 2.24. The summed E-state index contributed by atoms with van der Waals surface area (Å²) in [7, 11) is 0. The van der Waals surface area contributed by atoms with Crippen LogP contribution in [0, 0.1) is 0 Å². The molecule has 0 radical (unpaired) electrons. The molecule has 10 heteroatoms. The molecule has 0 aliphatic carbocycles. The number of halogens is 1. The minimum Gasteiger partial charge on any atom is -0.478 e. The molecular weight excluding hydrogens is 384 g/mol. The number of carboxylic acid groups (broad SMARTS) is 1. The number of aromatic carboxylic acids is 1. The van der Waals surface area contributed by atoms with Crippen LogP contribution in [0.1, 0.15) is 30.1 Å². The maximum atomic E-state index is 11.8. The van der Waals surface area contributed by atoms with Crippen LogP contribution in [-0.4, -0.2) is 58.3 Å². The molecule has 148 valence electrons. The van der Waals surface area contributed by atoms with E-state index in [1.54, 1.807) is 13.0 Å². The summed E-state index contributed by atoms with van der Waals surface area (Å²) in [5.74, 6) is -0.151. The molecule has 28 heavy (non-hydrogen) atoms. The van der Waals surface area contributed by atoms with E-state index in [-0.39, 0.29) is 11.5 Å². The Morgan fingerprint density at radius 2 is 1.93 bits per heavy atom. The molecule has 1 amide bonds. The van der Waals surface area contributed by atoms with Gasteiger partial charge in [-0.25, -0.2) is 9.78 Å². The molecule has 0 saturated carbocycles. The van der Waals surface area contributed by atoms with Gasteiger partial charge in [-0.15, -0.1) is 10.2 Å². The van der Waals surface area contributed by atoms with Crippen molar-refractivity contribution in [1.82, 2.24) is 15.2 Å². The fraction of sp³-hybridized carbons (Fsp3) is 0.389. The van der Waals surface area contributed by atoms with Crippen molar-refractivity contribution in [2.75, 3.05) is 41.3 Å². The van der Waals surface area contributed by atoms with Crippen molar-refractivity contribution in [3.63, 3.8) is 0 Å². The third kappa shape index (κ3) is 4.66. The lowest BCUT2D eigenvalue weighted by atomic mass is 10.2. The van der Waals surface area contributed by atoms with E-state index in [4.69, 9.17) is 11.6 Å². The van der Waals surface area contributed by atoms with E-state index in [1.807, 2.05) is 11.0 Å². The van der Waals surface area contributed by atoms with E-state index in [9.17, 15) is 14.7 Å². The molecule has 3 heterocycles. The van der Waals surface area contributed by atoms with Crippen molar-refractivity contribution in [2.45, 2.75) is 19.8 Å². The SMILES string of the molecule is CCC(=O)Nc1cnc(N2CCCN(c3ccc(Cl)nn3)CC2)c(C(=O)O)c1. The van der Waals surface area contributed by atoms with E-state index < -0.39 is 5.97 Å². The van der Waals surface area contributed by atoms with Gasteiger partial charge in [0.15, 0.2) is 11.0 Å². The van der Waals surface area contributed by atoms with Crippen LogP contribution in [0.4, 0.5) is 17.3 Å². The van der Waals surface area contributed by atoms with Gasteiger partial charge in [0.1, 0.15) is 11.4 Å². The van der Waals surface area contributed by atoms with Crippen molar-refractivity contribution in [2.24, 2.45) is 0 Å². The third-order valence-corrected chi connectivity index (χ3v) is 4.64.